The van der Waals surface area contributed by atoms with Gasteiger partial charge >= 0.3 is 0 Å². The van der Waals surface area contributed by atoms with Gasteiger partial charge in [0.25, 0.3) is 0 Å². The first-order valence-corrected chi connectivity index (χ1v) is 8.98. The lowest BCUT2D eigenvalue weighted by Crippen LogP contribution is -2.44. The highest BCUT2D eigenvalue weighted by molar-refractivity contribution is 6.33. The van der Waals surface area contributed by atoms with Crippen LogP contribution in [-0.4, -0.2) is 79.4 Å². The molecule has 6 nitrogen and oxygen atoms in total. The van der Waals surface area contributed by atoms with Crippen LogP contribution in [0, 0.1) is 0 Å². The van der Waals surface area contributed by atoms with E-state index in [0.29, 0.717) is 17.3 Å². The Morgan fingerprint density at radius 3 is 2.60 bits per heavy atom. The van der Waals surface area contributed by atoms with Gasteiger partial charge in [0.05, 0.1) is 23.3 Å². The third-order valence-corrected chi connectivity index (χ3v) is 4.87. The Balaban J connectivity index is 1.89. The van der Waals surface area contributed by atoms with E-state index < -0.39 is 0 Å². The van der Waals surface area contributed by atoms with Gasteiger partial charge in [-0.2, -0.15) is 0 Å². The fourth-order valence-corrected chi connectivity index (χ4v) is 3.02. The summed E-state index contributed by atoms with van der Waals surface area (Å²) in [5.74, 6) is 0.0453. The van der Waals surface area contributed by atoms with E-state index in [9.17, 15) is 9.59 Å². The minimum atomic E-state index is -0.249. The Morgan fingerprint density at radius 2 is 1.92 bits per heavy atom. The van der Waals surface area contributed by atoms with Crippen molar-refractivity contribution in [3.63, 3.8) is 0 Å². The van der Waals surface area contributed by atoms with Crippen LogP contribution in [0.2, 0.25) is 5.02 Å². The van der Waals surface area contributed by atoms with Crippen LogP contribution in [0.4, 0.5) is 5.69 Å². The third-order valence-electron chi connectivity index (χ3n) is 4.54. The number of rotatable bonds is 5. The van der Waals surface area contributed by atoms with E-state index in [-0.39, 0.29) is 17.9 Å². The summed E-state index contributed by atoms with van der Waals surface area (Å²) < 4.78 is 0. The topological polar surface area (TPSA) is 55.9 Å². The number of nitrogens with one attached hydrogen (secondary N) is 1. The molecule has 25 heavy (non-hydrogen) atoms. The molecule has 1 heterocycles. The van der Waals surface area contributed by atoms with E-state index in [1.807, 2.05) is 19.1 Å². The van der Waals surface area contributed by atoms with Gasteiger partial charge < -0.3 is 10.2 Å². The molecule has 0 aliphatic carbocycles. The summed E-state index contributed by atoms with van der Waals surface area (Å²) >= 11 is 6.11. The molecule has 1 saturated heterocycles. The van der Waals surface area contributed by atoms with Crippen molar-refractivity contribution in [1.29, 1.82) is 0 Å². The average Bonchev–Trinajstić information content (AvgIpc) is 2.81. The van der Waals surface area contributed by atoms with Crippen LogP contribution in [0.5, 0.6) is 0 Å². The number of likely N-dealkylation sites (N-methyl/N-ethyl adjacent to an activating group) is 1. The van der Waals surface area contributed by atoms with Gasteiger partial charge in [-0.3, -0.25) is 19.4 Å². The van der Waals surface area contributed by atoms with Gasteiger partial charge in [0.1, 0.15) is 0 Å². The second-order valence-corrected chi connectivity index (χ2v) is 7.01. The molecule has 7 heteroatoms. The first-order chi connectivity index (χ1) is 11.9. The molecule has 1 aliphatic rings. The zero-order chi connectivity index (χ0) is 18.4. The molecule has 0 saturated carbocycles. The Labute approximate surface area is 154 Å². The molecule has 1 N–H and O–H groups in total. The van der Waals surface area contributed by atoms with Crippen LogP contribution in [0.1, 0.15) is 13.3 Å². The lowest BCUT2D eigenvalue weighted by Gasteiger charge is -2.27. The molecule has 2 amide bonds. The van der Waals surface area contributed by atoms with Crippen molar-refractivity contribution >= 4 is 29.1 Å². The molecule has 0 aromatic heterocycles. The number of hydrogen-bond donors (Lipinski definition) is 1. The van der Waals surface area contributed by atoms with Gasteiger partial charge in [-0.05, 0) is 32.0 Å². The summed E-state index contributed by atoms with van der Waals surface area (Å²) in [6, 6.07) is 6.98. The van der Waals surface area contributed by atoms with Gasteiger partial charge in [-0.15, -0.1) is 0 Å². The maximum Gasteiger partial charge on any atom is 0.241 e. The molecule has 0 spiro atoms. The summed E-state index contributed by atoms with van der Waals surface area (Å²) in [4.78, 5) is 30.3. The van der Waals surface area contributed by atoms with Gasteiger partial charge in [0.15, 0.2) is 0 Å². The average molecular weight is 367 g/mol. The van der Waals surface area contributed by atoms with E-state index in [1.54, 1.807) is 31.1 Å². The highest BCUT2D eigenvalue weighted by Gasteiger charge is 2.25. The molecule has 1 aromatic carbocycles. The number of carbonyl (C=O) groups excluding carboxylic acids is 2. The predicted octanol–water partition coefficient (Wildman–Crippen LogP) is 1.76. The molecule has 1 unspecified atom stereocenters. The van der Waals surface area contributed by atoms with Gasteiger partial charge in [0.2, 0.25) is 11.8 Å². The summed E-state index contributed by atoms with van der Waals surface area (Å²) in [5, 5.41) is 3.43. The standard InChI is InChI=1S/C18H27ClN4O2/c1-14(18(25)20-16-8-5-4-7-15(16)19)23-10-6-9-22(11-12-23)13-17(24)21(2)3/h4-5,7-8,14H,6,9-13H2,1-3H3,(H,20,25). The normalized spacial score (nSPS) is 17.6. The van der Waals surface area contributed by atoms with E-state index in [0.717, 1.165) is 32.6 Å². The minimum absolute atomic E-state index is 0.0640. The number of amides is 2. The van der Waals surface area contributed by atoms with Crippen molar-refractivity contribution in [3.05, 3.63) is 29.3 Å². The Kier molecular flexibility index (Phi) is 7.23. The zero-order valence-electron chi connectivity index (χ0n) is 15.2. The van der Waals surface area contributed by atoms with Crippen LogP contribution in [-0.2, 0) is 9.59 Å². The molecule has 138 valence electrons. The van der Waals surface area contributed by atoms with E-state index in [1.165, 1.54) is 0 Å². The molecule has 0 radical (unpaired) electrons. The van der Waals surface area contributed by atoms with Gasteiger partial charge in [0, 0.05) is 33.7 Å². The molecule has 1 aliphatic heterocycles. The maximum absolute atomic E-state index is 12.5. The van der Waals surface area contributed by atoms with E-state index in [4.69, 9.17) is 11.6 Å². The fraction of sp³-hybridized carbons (Fsp3) is 0.556. The van der Waals surface area contributed by atoms with Gasteiger partial charge in [-0.25, -0.2) is 0 Å². The van der Waals surface area contributed by atoms with Crippen LogP contribution >= 0.6 is 11.6 Å². The summed E-state index contributed by atoms with van der Waals surface area (Å²) in [5.41, 5.74) is 0.633. The minimum Gasteiger partial charge on any atom is -0.348 e. The molecular weight excluding hydrogens is 340 g/mol. The number of hydrogen-bond acceptors (Lipinski definition) is 4. The fourth-order valence-electron chi connectivity index (χ4n) is 2.83. The molecule has 0 bridgehead atoms. The van der Waals surface area contributed by atoms with E-state index >= 15 is 0 Å². The highest BCUT2D eigenvalue weighted by Crippen LogP contribution is 2.21. The van der Waals surface area contributed by atoms with E-state index in [2.05, 4.69) is 15.1 Å². The molecule has 1 atom stereocenters. The van der Waals surface area contributed by atoms with Crippen molar-refractivity contribution < 1.29 is 9.59 Å². The molecule has 2 rings (SSSR count). The number of anilines is 1. The van der Waals surface area contributed by atoms with Crippen molar-refractivity contribution in [2.24, 2.45) is 0 Å². The molecule has 1 fully saturated rings. The molecule has 1 aromatic rings. The summed E-state index contributed by atoms with van der Waals surface area (Å²) in [7, 11) is 3.54. The number of benzene rings is 1. The van der Waals surface area contributed by atoms with Crippen molar-refractivity contribution in [2.45, 2.75) is 19.4 Å². The van der Waals surface area contributed by atoms with Gasteiger partial charge in [-0.1, -0.05) is 23.7 Å². The Bertz CT molecular complexity index is 608. The van der Waals surface area contributed by atoms with Crippen LogP contribution < -0.4 is 5.32 Å². The zero-order valence-corrected chi connectivity index (χ0v) is 15.9. The highest BCUT2D eigenvalue weighted by atomic mass is 35.5. The lowest BCUT2D eigenvalue weighted by atomic mass is 10.2. The van der Waals surface area contributed by atoms with Crippen LogP contribution in [0.15, 0.2) is 24.3 Å². The van der Waals surface area contributed by atoms with Crippen molar-refractivity contribution in [1.82, 2.24) is 14.7 Å². The first kappa shape index (κ1) is 19.7. The second-order valence-electron chi connectivity index (χ2n) is 6.60. The number of nitrogens with zero attached hydrogens (tertiary/aromatic N) is 3. The van der Waals surface area contributed by atoms with Crippen LogP contribution in [0.25, 0.3) is 0 Å². The molecular formula is C18H27ClN4O2. The summed E-state index contributed by atoms with van der Waals surface area (Å²) in [6.45, 7) is 5.59. The number of halogens is 1. The second kappa shape index (κ2) is 9.17. The lowest BCUT2D eigenvalue weighted by molar-refractivity contribution is -0.130. The SMILES string of the molecule is CC(C(=O)Nc1ccccc1Cl)N1CCCN(CC(=O)N(C)C)CC1. The quantitative estimate of drug-likeness (QED) is 0.862. The predicted molar refractivity (Wildman–Crippen MR) is 101 cm³/mol. The Morgan fingerprint density at radius 1 is 1.20 bits per heavy atom. The Hall–Kier alpha value is -1.63. The third kappa shape index (κ3) is 5.70. The number of carbonyl (C=O) groups is 2. The van der Waals surface area contributed by atoms with Crippen molar-refractivity contribution in [3.8, 4) is 0 Å². The van der Waals surface area contributed by atoms with Crippen molar-refractivity contribution in [2.75, 3.05) is 52.1 Å². The monoisotopic (exact) mass is 366 g/mol. The first-order valence-electron chi connectivity index (χ1n) is 8.60. The maximum atomic E-state index is 12.5. The van der Waals surface area contributed by atoms with Crippen LogP contribution in [0.3, 0.4) is 0 Å². The summed E-state index contributed by atoms with van der Waals surface area (Å²) in [6.07, 6.45) is 0.935. The largest absolute Gasteiger partial charge is 0.348 e. The smallest absolute Gasteiger partial charge is 0.241 e. The number of para-hydroxylation sites is 1.